The van der Waals surface area contributed by atoms with Crippen LogP contribution in [0.4, 0.5) is 34.1 Å². The Balaban J connectivity index is 1.13. The van der Waals surface area contributed by atoms with Gasteiger partial charge in [-0.15, -0.1) is 0 Å². The summed E-state index contributed by atoms with van der Waals surface area (Å²) in [4.78, 5) is 5.34. The molecule has 3 heterocycles. The van der Waals surface area contributed by atoms with Crippen molar-refractivity contribution in [1.29, 1.82) is 0 Å². The van der Waals surface area contributed by atoms with Gasteiger partial charge in [0.05, 0.1) is 16.7 Å². The molecule has 0 radical (unpaired) electrons. The van der Waals surface area contributed by atoms with Crippen molar-refractivity contribution in [3.8, 4) is 50.2 Å². The number of para-hydroxylation sites is 3. The highest BCUT2D eigenvalue weighted by atomic mass is 15.2. The van der Waals surface area contributed by atoms with Crippen molar-refractivity contribution in [3.05, 3.63) is 266 Å². The molecule has 0 atom stereocenters. The molecule has 2 aliphatic rings. The zero-order chi connectivity index (χ0) is 52.5. The van der Waals surface area contributed by atoms with Gasteiger partial charge in [0.25, 0.3) is 6.71 Å². The standard InChI is InChI=1S/C74H60BN3/c1-5-6-24-56-45-54(50-25-11-7-12-26-50)39-43-65(56)77-69-49-58(76-66-37-21-19-33-61(66)62-34-20-22-38-67(62)76)41-42-63(69)75-64-46-55(51-27-13-8-14-28-51)40-44-68(64)78(71-48-57(74(2,3)4)47-70(77)72(71)75)73-59(52-29-15-9-16-30-52)35-23-36-60(73)53-31-17-10-18-32-53/h7-23,25-49H,5-6,24H2,1-4H3. The fourth-order valence-corrected chi connectivity index (χ4v) is 12.7. The minimum atomic E-state index is -0.204. The number of nitrogens with zero attached hydrogens (tertiary/aromatic N) is 3. The first-order valence-corrected chi connectivity index (χ1v) is 27.8. The molecule has 0 fully saturated rings. The van der Waals surface area contributed by atoms with Crippen LogP contribution in [0.3, 0.4) is 0 Å². The van der Waals surface area contributed by atoms with Gasteiger partial charge in [-0.05, 0) is 134 Å². The highest BCUT2D eigenvalue weighted by Gasteiger charge is 2.45. The van der Waals surface area contributed by atoms with Crippen molar-refractivity contribution >= 4 is 79.0 Å². The summed E-state index contributed by atoms with van der Waals surface area (Å²) in [6.07, 6.45) is 3.13. The summed E-state index contributed by atoms with van der Waals surface area (Å²) in [7, 11) is 0. The zero-order valence-electron chi connectivity index (χ0n) is 44.8. The lowest BCUT2D eigenvalue weighted by Gasteiger charge is -2.46. The van der Waals surface area contributed by atoms with Gasteiger partial charge in [0.15, 0.2) is 0 Å². The van der Waals surface area contributed by atoms with Gasteiger partial charge < -0.3 is 14.4 Å². The van der Waals surface area contributed by atoms with Crippen LogP contribution in [-0.4, -0.2) is 11.3 Å². The molecule has 11 aromatic carbocycles. The Bertz CT molecular complexity index is 4120. The molecule has 0 N–H and O–H groups in total. The predicted octanol–water partition coefficient (Wildman–Crippen LogP) is 18.2. The molecular formula is C74H60BN3. The van der Waals surface area contributed by atoms with Gasteiger partial charge in [-0.3, -0.25) is 0 Å². The molecule has 0 spiro atoms. The number of fused-ring (bicyclic) bond motifs is 7. The lowest BCUT2D eigenvalue weighted by Crippen LogP contribution is -2.61. The Hall–Kier alpha value is -9.12. The van der Waals surface area contributed by atoms with Crippen molar-refractivity contribution < 1.29 is 0 Å². The van der Waals surface area contributed by atoms with Crippen LogP contribution in [0.2, 0.25) is 0 Å². The zero-order valence-corrected chi connectivity index (χ0v) is 44.8. The van der Waals surface area contributed by atoms with E-state index in [2.05, 4.69) is 297 Å². The summed E-state index contributed by atoms with van der Waals surface area (Å²) in [5.74, 6) is 0. The lowest BCUT2D eigenvalue weighted by molar-refractivity contribution is 0.590. The quantitative estimate of drug-likeness (QED) is 0.127. The van der Waals surface area contributed by atoms with Crippen molar-refractivity contribution in [2.75, 3.05) is 9.80 Å². The molecule has 12 aromatic rings. The molecule has 374 valence electrons. The number of unbranched alkanes of at least 4 members (excludes halogenated alkanes) is 1. The molecule has 0 bridgehead atoms. The van der Waals surface area contributed by atoms with Gasteiger partial charge in [-0.1, -0.05) is 234 Å². The molecular weight excluding hydrogens is 942 g/mol. The molecule has 14 rings (SSSR count). The fraction of sp³-hybridized carbons (Fsp3) is 0.108. The smallest absolute Gasteiger partial charge is 0.252 e. The minimum Gasteiger partial charge on any atom is -0.311 e. The van der Waals surface area contributed by atoms with E-state index in [0.29, 0.717) is 0 Å². The molecule has 4 heteroatoms. The predicted molar refractivity (Wildman–Crippen MR) is 334 cm³/mol. The number of rotatable bonds is 10. The maximum Gasteiger partial charge on any atom is 0.252 e. The molecule has 0 aliphatic carbocycles. The number of anilines is 6. The third-order valence-corrected chi connectivity index (χ3v) is 16.5. The summed E-state index contributed by atoms with van der Waals surface area (Å²) in [5.41, 5.74) is 26.7. The third-order valence-electron chi connectivity index (χ3n) is 16.5. The lowest BCUT2D eigenvalue weighted by atomic mass is 9.33. The van der Waals surface area contributed by atoms with Crippen molar-refractivity contribution in [1.82, 2.24) is 4.57 Å². The van der Waals surface area contributed by atoms with E-state index in [9.17, 15) is 0 Å². The molecule has 0 saturated heterocycles. The Kier molecular flexibility index (Phi) is 11.6. The molecule has 78 heavy (non-hydrogen) atoms. The summed E-state index contributed by atoms with van der Waals surface area (Å²) in [6.45, 7) is 9.34. The van der Waals surface area contributed by atoms with Crippen LogP contribution in [0.25, 0.3) is 72.0 Å². The van der Waals surface area contributed by atoms with Gasteiger partial charge in [0.2, 0.25) is 0 Å². The van der Waals surface area contributed by atoms with Crippen LogP contribution in [0.1, 0.15) is 51.7 Å². The molecule has 3 nitrogen and oxygen atoms in total. The van der Waals surface area contributed by atoms with Crippen LogP contribution in [0.15, 0.2) is 255 Å². The second-order valence-electron chi connectivity index (χ2n) is 22.3. The Morgan fingerprint density at radius 3 is 1.46 bits per heavy atom. The maximum absolute atomic E-state index is 2.68. The van der Waals surface area contributed by atoms with Crippen LogP contribution in [-0.2, 0) is 11.8 Å². The van der Waals surface area contributed by atoms with E-state index in [0.717, 1.165) is 24.9 Å². The maximum atomic E-state index is 2.68. The van der Waals surface area contributed by atoms with Crippen LogP contribution >= 0.6 is 0 Å². The van der Waals surface area contributed by atoms with Gasteiger partial charge in [0, 0.05) is 56.0 Å². The summed E-state index contributed by atoms with van der Waals surface area (Å²) in [6, 6.07) is 95.6. The largest absolute Gasteiger partial charge is 0.311 e. The third kappa shape index (κ3) is 7.89. The first-order valence-electron chi connectivity index (χ1n) is 27.8. The van der Waals surface area contributed by atoms with E-state index in [1.807, 2.05) is 0 Å². The van der Waals surface area contributed by atoms with Gasteiger partial charge in [0.1, 0.15) is 0 Å². The molecule has 2 aliphatic heterocycles. The second-order valence-corrected chi connectivity index (χ2v) is 22.3. The van der Waals surface area contributed by atoms with E-state index >= 15 is 0 Å². The average molecular weight is 1000 g/mol. The van der Waals surface area contributed by atoms with Crippen molar-refractivity contribution in [2.45, 2.75) is 52.4 Å². The first kappa shape index (κ1) is 47.3. The van der Waals surface area contributed by atoms with Gasteiger partial charge >= 0.3 is 0 Å². The average Bonchev–Trinajstić information content (AvgIpc) is 2.84. The Morgan fingerprint density at radius 2 is 0.897 bits per heavy atom. The second kappa shape index (κ2) is 19.2. The van der Waals surface area contributed by atoms with E-state index in [1.54, 1.807) is 0 Å². The molecule has 0 unspecified atom stereocenters. The molecule has 1 aromatic heterocycles. The molecule has 0 amide bonds. The van der Waals surface area contributed by atoms with Crippen molar-refractivity contribution in [2.24, 2.45) is 0 Å². The summed E-state index contributed by atoms with van der Waals surface area (Å²) >= 11 is 0. The highest BCUT2D eigenvalue weighted by molar-refractivity contribution is 7.00. The van der Waals surface area contributed by atoms with E-state index in [1.165, 1.54) is 128 Å². The minimum absolute atomic E-state index is 0.107. The number of hydrogen-bond acceptors (Lipinski definition) is 2. The Labute approximate surface area is 459 Å². The number of aromatic nitrogens is 1. The van der Waals surface area contributed by atoms with E-state index in [-0.39, 0.29) is 12.1 Å². The Morgan fingerprint density at radius 1 is 0.385 bits per heavy atom. The van der Waals surface area contributed by atoms with Crippen LogP contribution in [0.5, 0.6) is 0 Å². The number of benzene rings is 11. The molecule has 0 saturated carbocycles. The number of aryl methyl sites for hydroxylation is 1. The van der Waals surface area contributed by atoms with Crippen LogP contribution in [0, 0.1) is 0 Å². The topological polar surface area (TPSA) is 11.4 Å². The van der Waals surface area contributed by atoms with Gasteiger partial charge in [-0.2, -0.15) is 0 Å². The normalized spacial score (nSPS) is 12.7. The summed E-state index contributed by atoms with van der Waals surface area (Å²) in [5, 5.41) is 2.51. The highest BCUT2D eigenvalue weighted by Crippen LogP contribution is 2.52. The summed E-state index contributed by atoms with van der Waals surface area (Å²) < 4.78 is 2.49. The van der Waals surface area contributed by atoms with E-state index in [4.69, 9.17) is 0 Å². The van der Waals surface area contributed by atoms with E-state index < -0.39 is 0 Å². The monoisotopic (exact) mass is 1000 g/mol. The number of hydrogen-bond donors (Lipinski definition) is 0. The first-order chi connectivity index (χ1) is 38.3. The fourth-order valence-electron chi connectivity index (χ4n) is 12.7. The van der Waals surface area contributed by atoms with Crippen LogP contribution < -0.4 is 26.2 Å². The van der Waals surface area contributed by atoms with Crippen molar-refractivity contribution in [3.63, 3.8) is 0 Å². The van der Waals surface area contributed by atoms with Gasteiger partial charge in [-0.25, -0.2) is 0 Å². The SMILES string of the molecule is CCCCc1cc(-c2ccccc2)ccc1N1c2cc(-n3c4ccccc4c4ccccc43)ccc2B2c3cc(-c4ccccc4)ccc3N(c3c(-c4ccccc4)cccc3-c3ccccc3)c3cc(C(C)(C)C)cc1c32.